The normalized spacial score (nSPS) is 10.2. The van der Waals surface area contributed by atoms with Crippen LogP contribution in [-0.4, -0.2) is 16.1 Å². The molecule has 0 radical (unpaired) electrons. The van der Waals surface area contributed by atoms with E-state index in [1.165, 1.54) is 17.5 Å². The summed E-state index contributed by atoms with van der Waals surface area (Å²) in [5.74, 6) is -2.07. The molecule has 0 unspecified atom stereocenters. The van der Waals surface area contributed by atoms with Crippen molar-refractivity contribution in [3.63, 3.8) is 0 Å². The lowest BCUT2D eigenvalue weighted by atomic mass is 10.2. The Balaban J connectivity index is 2.59. The Morgan fingerprint density at radius 2 is 2.27 bits per heavy atom. The number of halogens is 1. The number of hydrogen-bond donors (Lipinski definition) is 1. The fourth-order valence-corrected chi connectivity index (χ4v) is 1.91. The second-order valence-corrected chi connectivity index (χ2v) is 3.75. The second kappa shape index (κ2) is 3.78. The fraction of sp³-hybridized carbons (Fsp3) is 0. The van der Waals surface area contributed by atoms with Crippen molar-refractivity contribution in [2.75, 3.05) is 0 Å². The third-order valence-corrected chi connectivity index (χ3v) is 2.75. The van der Waals surface area contributed by atoms with Crippen molar-refractivity contribution >= 4 is 17.3 Å². The van der Waals surface area contributed by atoms with E-state index in [0.717, 1.165) is 6.07 Å². The molecule has 0 aliphatic rings. The molecule has 0 atom stereocenters. The fourth-order valence-electron chi connectivity index (χ4n) is 1.19. The van der Waals surface area contributed by atoms with Gasteiger partial charge in [-0.05, 0) is 17.5 Å². The van der Waals surface area contributed by atoms with E-state index >= 15 is 0 Å². The molecule has 3 nitrogen and oxygen atoms in total. The predicted molar refractivity (Wildman–Crippen MR) is 54.5 cm³/mol. The molecule has 2 rings (SSSR count). The van der Waals surface area contributed by atoms with E-state index in [0.29, 0.717) is 4.88 Å². The minimum atomic E-state index is -1.28. The van der Waals surface area contributed by atoms with E-state index in [-0.39, 0.29) is 11.3 Å². The summed E-state index contributed by atoms with van der Waals surface area (Å²) in [4.78, 5) is 15.1. The average molecular weight is 223 g/mol. The summed E-state index contributed by atoms with van der Waals surface area (Å²) in [6, 6.07) is 4.60. The number of carbonyl (C=O) groups is 1. The number of pyridine rings is 1. The average Bonchev–Trinajstić information content (AvgIpc) is 2.70. The number of thiophene rings is 1. The van der Waals surface area contributed by atoms with Crippen LogP contribution in [0.3, 0.4) is 0 Å². The van der Waals surface area contributed by atoms with Gasteiger partial charge >= 0.3 is 5.97 Å². The Morgan fingerprint density at radius 1 is 1.47 bits per heavy atom. The highest BCUT2D eigenvalue weighted by Gasteiger charge is 2.16. The Hall–Kier alpha value is -1.75. The number of hydrogen-bond acceptors (Lipinski definition) is 3. The van der Waals surface area contributed by atoms with Crippen LogP contribution in [0, 0.1) is 5.82 Å². The van der Waals surface area contributed by atoms with Gasteiger partial charge in [-0.1, -0.05) is 6.07 Å². The van der Waals surface area contributed by atoms with Gasteiger partial charge in [0.15, 0.2) is 5.82 Å². The van der Waals surface area contributed by atoms with E-state index in [1.807, 2.05) is 0 Å². The lowest BCUT2D eigenvalue weighted by molar-refractivity contribution is 0.0692. The maximum absolute atomic E-state index is 13.6. The Morgan fingerprint density at radius 3 is 2.87 bits per heavy atom. The first-order chi connectivity index (χ1) is 7.20. The third kappa shape index (κ3) is 1.73. The summed E-state index contributed by atoms with van der Waals surface area (Å²) in [5.41, 5.74) is -0.265. The Labute approximate surface area is 88.8 Å². The Bertz CT molecular complexity index is 496. The molecule has 5 heteroatoms. The first-order valence-corrected chi connectivity index (χ1v) is 5.00. The van der Waals surface area contributed by atoms with Crippen LogP contribution < -0.4 is 0 Å². The first kappa shape index (κ1) is 9.79. The second-order valence-electron chi connectivity index (χ2n) is 2.80. The number of nitrogens with zero attached hydrogens (tertiary/aromatic N) is 1. The van der Waals surface area contributed by atoms with Crippen LogP contribution in [0.4, 0.5) is 4.39 Å². The minimum Gasteiger partial charge on any atom is -0.478 e. The number of aromatic nitrogens is 1. The molecule has 0 aliphatic heterocycles. The molecule has 0 spiro atoms. The van der Waals surface area contributed by atoms with E-state index in [9.17, 15) is 9.18 Å². The highest BCUT2D eigenvalue weighted by Crippen LogP contribution is 2.26. The minimum absolute atomic E-state index is 0.0879. The summed E-state index contributed by atoms with van der Waals surface area (Å²) >= 11 is 1.32. The molecule has 15 heavy (non-hydrogen) atoms. The molecule has 2 aromatic rings. The lowest BCUT2D eigenvalue weighted by Gasteiger charge is -2.01. The molecule has 76 valence electrons. The van der Waals surface area contributed by atoms with Gasteiger partial charge in [-0.3, -0.25) is 4.98 Å². The maximum atomic E-state index is 13.6. The van der Waals surface area contributed by atoms with E-state index in [4.69, 9.17) is 5.11 Å². The van der Waals surface area contributed by atoms with Crippen LogP contribution in [0.15, 0.2) is 29.8 Å². The largest absolute Gasteiger partial charge is 0.478 e. The SMILES string of the molecule is O=C(O)c1ccnc(-c2cccs2)c1F. The van der Waals surface area contributed by atoms with Gasteiger partial charge in [0.25, 0.3) is 0 Å². The van der Waals surface area contributed by atoms with Gasteiger partial charge in [0, 0.05) is 6.20 Å². The van der Waals surface area contributed by atoms with Gasteiger partial charge in [0.2, 0.25) is 0 Å². The van der Waals surface area contributed by atoms with Crippen molar-refractivity contribution in [2.24, 2.45) is 0 Å². The predicted octanol–water partition coefficient (Wildman–Crippen LogP) is 2.65. The number of carboxylic acid groups (broad SMARTS) is 1. The van der Waals surface area contributed by atoms with Crippen LogP contribution in [0.5, 0.6) is 0 Å². The van der Waals surface area contributed by atoms with Gasteiger partial charge in [-0.25, -0.2) is 9.18 Å². The summed E-state index contributed by atoms with van der Waals surface area (Å²) in [7, 11) is 0. The van der Waals surface area contributed by atoms with Crippen LogP contribution in [-0.2, 0) is 0 Å². The van der Waals surface area contributed by atoms with Crippen molar-refractivity contribution in [1.29, 1.82) is 0 Å². The van der Waals surface area contributed by atoms with Gasteiger partial charge < -0.3 is 5.11 Å². The zero-order valence-electron chi connectivity index (χ0n) is 7.48. The topological polar surface area (TPSA) is 50.2 Å². The highest BCUT2D eigenvalue weighted by atomic mass is 32.1. The smallest absolute Gasteiger partial charge is 0.338 e. The van der Waals surface area contributed by atoms with Crippen molar-refractivity contribution in [3.05, 3.63) is 41.2 Å². The molecule has 0 saturated heterocycles. The molecule has 2 heterocycles. The lowest BCUT2D eigenvalue weighted by Crippen LogP contribution is -2.02. The van der Waals surface area contributed by atoms with Gasteiger partial charge in [-0.15, -0.1) is 11.3 Å². The van der Waals surface area contributed by atoms with Crippen LogP contribution in [0.1, 0.15) is 10.4 Å². The maximum Gasteiger partial charge on any atom is 0.338 e. The summed E-state index contributed by atoms with van der Waals surface area (Å²) in [5, 5.41) is 10.5. The zero-order valence-corrected chi connectivity index (χ0v) is 8.29. The van der Waals surface area contributed by atoms with Crippen LogP contribution in [0.25, 0.3) is 10.6 Å². The standard InChI is InChI=1S/C10H6FNO2S/c11-8-6(10(13)14)3-4-12-9(8)7-2-1-5-15-7/h1-5H,(H,13,14). The molecular formula is C10H6FNO2S. The summed E-state index contributed by atoms with van der Waals surface area (Å²) < 4.78 is 13.6. The van der Waals surface area contributed by atoms with Crippen molar-refractivity contribution in [3.8, 4) is 10.6 Å². The molecule has 0 amide bonds. The summed E-state index contributed by atoms with van der Waals surface area (Å²) in [6.45, 7) is 0. The van der Waals surface area contributed by atoms with E-state index < -0.39 is 11.8 Å². The molecular weight excluding hydrogens is 217 g/mol. The highest BCUT2D eigenvalue weighted by molar-refractivity contribution is 7.13. The molecule has 0 aliphatic carbocycles. The van der Waals surface area contributed by atoms with Crippen LogP contribution >= 0.6 is 11.3 Å². The number of aromatic carboxylic acids is 1. The summed E-state index contributed by atoms with van der Waals surface area (Å²) in [6.07, 6.45) is 1.29. The molecule has 0 fully saturated rings. The number of carboxylic acids is 1. The third-order valence-electron chi connectivity index (χ3n) is 1.87. The van der Waals surface area contributed by atoms with Gasteiger partial charge in [0.1, 0.15) is 5.69 Å². The van der Waals surface area contributed by atoms with E-state index in [2.05, 4.69) is 4.98 Å². The van der Waals surface area contributed by atoms with Crippen molar-refractivity contribution in [2.45, 2.75) is 0 Å². The molecule has 1 N–H and O–H groups in total. The molecule has 0 bridgehead atoms. The van der Waals surface area contributed by atoms with Crippen LogP contribution in [0.2, 0.25) is 0 Å². The van der Waals surface area contributed by atoms with Crippen molar-refractivity contribution < 1.29 is 14.3 Å². The van der Waals surface area contributed by atoms with E-state index in [1.54, 1.807) is 17.5 Å². The zero-order chi connectivity index (χ0) is 10.8. The molecule has 0 aromatic carbocycles. The van der Waals surface area contributed by atoms with Crippen molar-refractivity contribution in [1.82, 2.24) is 4.98 Å². The van der Waals surface area contributed by atoms with Gasteiger partial charge in [-0.2, -0.15) is 0 Å². The number of rotatable bonds is 2. The quantitative estimate of drug-likeness (QED) is 0.851. The molecule has 0 saturated carbocycles. The first-order valence-electron chi connectivity index (χ1n) is 4.12. The molecule has 2 aromatic heterocycles. The Kier molecular flexibility index (Phi) is 2.47. The van der Waals surface area contributed by atoms with Gasteiger partial charge in [0.05, 0.1) is 10.4 Å². The monoisotopic (exact) mass is 223 g/mol.